The highest BCUT2D eigenvalue weighted by atomic mass is 127. The van der Waals surface area contributed by atoms with E-state index in [2.05, 4.69) is 27.9 Å². The molecule has 2 aromatic carbocycles. The second-order valence-electron chi connectivity index (χ2n) is 6.21. The number of amides is 1. The van der Waals surface area contributed by atoms with Gasteiger partial charge in [-0.15, -0.1) is 0 Å². The summed E-state index contributed by atoms with van der Waals surface area (Å²) in [6.07, 6.45) is 1.09. The predicted octanol–water partition coefficient (Wildman–Crippen LogP) is 2.87. The van der Waals surface area contributed by atoms with Gasteiger partial charge in [0.1, 0.15) is 18.9 Å². The number of ether oxygens (including phenoxy) is 1. The Morgan fingerprint density at radius 3 is 2.44 bits per heavy atom. The Bertz CT molecular complexity index is 898. The molecule has 2 rings (SSSR count). The molecule has 0 saturated carbocycles. The lowest BCUT2D eigenvalue weighted by atomic mass is 10.1. The average molecular weight is 502 g/mol. The number of anilines is 1. The normalized spacial score (nSPS) is 11.1. The van der Waals surface area contributed by atoms with Gasteiger partial charge in [0.25, 0.3) is 0 Å². The molecule has 27 heavy (non-hydrogen) atoms. The van der Waals surface area contributed by atoms with Crippen LogP contribution in [0.2, 0.25) is 0 Å². The number of benzene rings is 2. The molecule has 1 N–H and O–H groups in total. The van der Waals surface area contributed by atoms with E-state index in [0.29, 0.717) is 12.3 Å². The maximum absolute atomic E-state index is 12.2. The van der Waals surface area contributed by atoms with Crippen LogP contribution in [0.4, 0.5) is 5.69 Å². The number of carbonyl (C=O) groups is 1. The summed E-state index contributed by atoms with van der Waals surface area (Å²) in [6, 6.07) is 12.9. The summed E-state index contributed by atoms with van der Waals surface area (Å²) in [5.41, 5.74) is 2.58. The van der Waals surface area contributed by atoms with Crippen molar-refractivity contribution in [2.45, 2.75) is 13.8 Å². The molecular weight excluding hydrogens is 479 g/mol. The van der Waals surface area contributed by atoms with Crippen LogP contribution in [0.25, 0.3) is 0 Å². The number of hydrogen-bond donors (Lipinski definition) is 1. The molecule has 0 aliphatic carbocycles. The van der Waals surface area contributed by atoms with Crippen molar-refractivity contribution in [3.05, 3.63) is 57.2 Å². The van der Waals surface area contributed by atoms with Gasteiger partial charge in [-0.05, 0) is 77.9 Å². The largest absolute Gasteiger partial charge is 0.491 e. The standard InChI is InChI=1S/C19H23IN2O4S/c1-14-4-5-15(2)18(12-14)26-11-10-21-19(23)13-22(27(3,24)25)17-8-6-16(20)7-9-17/h4-9,12H,10-11,13H2,1-3H3,(H,21,23). The van der Waals surface area contributed by atoms with Crippen LogP contribution < -0.4 is 14.4 Å². The first-order chi connectivity index (χ1) is 12.7. The molecule has 0 spiro atoms. The third-order valence-corrected chi connectivity index (χ3v) is 5.69. The average Bonchev–Trinajstić information content (AvgIpc) is 2.59. The quantitative estimate of drug-likeness (QED) is 0.445. The number of aryl methyl sites for hydroxylation is 2. The maximum atomic E-state index is 12.2. The van der Waals surface area contributed by atoms with Crippen molar-refractivity contribution in [3.63, 3.8) is 0 Å². The number of sulfonamides is 1. The fourth-order valence-corrected chi connectivity index (χ4v) is 3.62. The monoisotopic (exact) mass is 502 g/mol. The number of nitrogens with one attached hydrogen (secondary N) is 1. The van der Waals surface area contributed by atoms with Crippen LogP contribution in [0.5, 0.6) is 5.75 Å². The third kappa shape index (κ3) is 6.69. The van der Waals surface area contributed by atoms with E-state index in [-0.39, 0.29) is 19.0 Å². The van der Waals surface area contributed by atoms with Gasteiger partial charge in [-0.3, -0.25) is 9.10 Å². The Hall–Kier alpha value is -1.81. The molecule has 146 valence electrons. The molecule has 0 saturated heterocycles. The van der Waals surface area contributed by atoms with Crippen LogP contribution >= 0.6 is 22.6 Å². The molecule has 0 aliphatic rings. The first-order valence-electron chi connectivity index (χ1n) is 8.37. The molecular formula is C19H23IN2O4S. The van der Waals surface area contributed by atoms with Crippen LogP contribution in [0, 0.1) is 17.4 Å². The van der Waals surface area contributed by atoms with Crippen LogP contribution in [-0.2, 0) is 14.8 Å². The van der Waals surface area contributed by atoms with Crippen molar-refractivity contribution < 1.29 is 17.9 Å². The van der Waals surface area contributed by atoms with E-state index in [0.717, 1.165) is 31.0 Å². The SMILES string of the molecule is Cc1ccc(C)c(OCCNC(=O)CN(c2ccc(I)cc2)S(C)(=O)=O)c1. The van der Waals surface area contributed by atoms with E-state index < -0.39 is 10.0 Å². The van der Waals surface area contributed by atoms with Gasteiger partial charge < -0.3 is 10.1 Å². The summed E-state index contributed by atoms with van der Waals surface area (Å²) in [6.45, 7) is 4.26. The molecule has 0 radical (unpaired) electrons. The van der Waals surface area contributed by atoms with Crippen molar-refractivity contribution in [1.29, 1.82) is 0 Å². The van der Waals surface area contributed by atoms with Gasteiger partial charge in [0.15, 0.2) is 0 Å². The molecule has 0 aromatic heterocycles. The molecule has 0 fully saturated rings. The summed E-state index contributed by atoms with van der Waals surface area (Å²) in [5.74, 6) is 0.393. The van der Waals surface area contributed by atoms with E-state index in [1.165, 1.54) is 0 Å². The zero-order valence-electron chi connectivity index (χ0n) is 15.5. The molecule has 0 bridgehead atoms. The summed E-state index contributed by atoms with van der Waals surface area (Å²) in [5, 5.41) is 2.70. The number of carbonyl (C=O) groups excluding carboxylic acids is 1. The van der Waals surface area contributed by atoms with Crippen LogP contribution in [0.1, 0.15) is 11.1 Å². The van der Waals surface area contributed by atoms with E-state index >= 15 is 0 Å². The fourth-order valence-electron chi connectivity index (χ4n) is 2.41. The summed E-state index contributed by atoms with van der Waals surface area (Å²) >= 11 is 2.14. The number of hydrogen-bond acceptors (Lipinski definition) is 4. The number of halogens is 1. The minimum absolute atomic E-state index is 0.275. The summed E-state index contributed by atoms with van der Waals surface area (Å²) in [7, 11) is -3.57. The van der Waals surface area contributed by atoms with Crippen LogP contribution in [0.15, 0.2) is 42.5 Å². The van der Waals surface area contributed by atoms with Crippen LogP contribution in [0.3, 0.4) is 0 Å². The van der Waals surface area contributed by atoms with Gasteiger partial charge in [-0.2, -0.15) is 0 Å². The highest BCUT2D eigenvalue weighted by Gasteiger charge is 2.20. The Morgan fingerprint density at radius 1 is 1.15 bits per heavy atom. The van der Waals surface area contributed by atoms with Crippen molar-refractivity contribution in [2.24, 2.45) is 0 Å². The third-order valence-electron chi connectivity index (χ3n) is 3.83. The Balaban J connectivity index is 1.90. The summed E-state index contributed by atoms with van der Waals surface area (Å²) in [4.78, 5) is 12.2. The molecule has 0 heterocycles. The van der Waals surface area contributed by atoms with Gasteiger partial charge >= 0.3 is 0 Å². The summed E-state index contributed by atoms with van der Waals surface area (Å²) < 4.78 is 31.9. The lowest BCUT2D eigenvalue weighted by Gasteiger charge is -2.22. The van der Waals surface area contributed by atoms with Gasteiger partial charge in [-0.25, -0.2) is 8.42 Å². The van der Waals surface area contributed by atoms with Gasteiger partial charge in [-0.1, -0.05) is 12.1 Å². The van der Waals surface area contributed by atoms with Crippen molar-refractivity contribution >= 4 is 44.2 Å². The number of rotatable bonds is 8. The molecule has 6 nitrogen and oxygen atoms in total. The fraction of sp³-hybridized carbons (Fsp3) is 0.316. The Labute approximate surface area is 174 Å². The van der Waals surface area contributed by atoms with Gasteiger partial charge in [0.2, 0.25) is 15.9 Å². The second-order valence-corrected chi connectivity index (χ2v) is 9.37. The maximum Gasteiger partial charge on any atom is 0.240 e. The van der Waals surface area contributed by atoms with E-state index in [1.807, 2.05) is 32.0 Å². The predicted molar refractivity (Wildman–Crippen MR) is 116 cm³/mol. The molecule has 0 aliphatic heterocycles. The Kier molecular flexibility index (Phi) is 7.49. The first-order valence-corrected chi connectivity index (χ1v) is 11.3. The topological polar surface area (TPSA) is 75.7 Å². The van der Waals surface area contributed by atoms with Crippen LogP contribution in [-0.4, -0.2) is 40.3 Å². The highest BCUT2D eigenvalue weighted by Crippen LogP contribution is 2.19. The van der Waals surface area contributed by atoms with Gasteiger partial charge in [0.05, 0.1) is 18.5 Å². The Morgan fingerprint density at radius 2 is 1.81 bits per heavy atom. The highest BCUT2D eigenvalue weighted by molar-refractivity contribution is 14.1. The molecule has 8 heteroatoms. The molecule has 0 unspecified atom stereocenters. The molecule has 0 atom stereocenters. The van der Waals surface area contributed by atoms with Crippen molar-refractivity contribution in [3.8, 4) is 5.75 Å². The van der Waals surface area contributed by atoms with Crippen molar-refractivity contribution in [1.82, 2.24) is 5.32 Å². The van der Waals surface area contributed by atoms with E-state index in [4.69, 9.17) is 4.74 Å². The van der Waals surface area contributed by atoms with Crippen molar-refractivity contribution in [2.75, 3.05) is 30.3 Å². The lowest BCUT2D eigenvalue weighted by molar-refractivity contribution is -0.119. The van der Waals surface area contributed by atoms with Gasteiger partial charge in [0, 0.05) is 3.57 Å². The minimum Gasteiger partial charge on any atom is -0.491 e. The zero-order chi connectivity index (χ0) is 20.0. The smallest absolute Gasteiger partial charge is 0.240 e. The first kappa shape index (κ1) is 21.5. The lowest BCUT2D eigenvalue weighted by Crippen LogP contribution is -2.41. The molecule has 2 aromatic rings. The molecule has 1 amide bonds. The number of nitrogens with zero attached hydrogens (tertiary/aromatic N) is 1. The minimum atomic E-state index is -3.57. The van der Waals surface area contributed by atoms with E-state index in [1.54, 1.807) is 24.3 Å². The van der Waals surface area contributed by atoms with E-state index in [9.17, 15) is 13.2 Å². The second kappa shape index (κ2) is 9.41. The zero-order valence-corrected chi connectivity index (χ0v) is 18.5.